The minimum atomic E-state index is -4.67. The van der Waals surface area contributed by atoms with E-state index in [9.17, 15) is 4.39 Å². The van der Waals surface area contributed by atoms with Crippen LogP contribution in [0.1, 0.15) is 5.56 Å². The largest absolute Gasteiger partial charge is 0.398 e. The summed E-state index contributed by atoms with van der Waals surface area (Å²) in [6, 6.07) is 4.67. The fraction of sp³-hybridized carbons (Fsp3) is 0.143. The zero-order valence-electron chi connectivity index (χ0n) is 7.31. The van der Waals surface area contributed by atoms with E-state index in [2.05, 4.69) is 0 Å². The van der Waals surface area contributed by atoms with Gasteiger partial charge in [-0.25, -0.2) is 4.39 Å². The molecule has 1 aromatic rings. The van der Waals surface area contributed by atoms with Crippen molar-refractivity contribution in [3.63, 3.8) is 0 Å². The van der Waals surface area contributed by atoms with Gasteiger partial charge in [0.1, 0.15) is 5.82 Å². The van der Waals surface area contributed by atoms with Crippen LogP contribution >= 0.6 is 0 Å². The summed E-state index contributed by atoms with van der Waals surface area (Å²) in [6.45, 7) is 1.66. The van der Waals surface area contributed by atoms with Gasteiger partial charge in [0.25, 0.3) is 0 Å². The molecule has 4 N–H and O–H groups in total. The van der Waals surface area contributed by atoms with E-state index in [1.807, 2.05) is 0 Å². The number of hydrogen-bond acceptors (Lipinski definition) is 3. The molecule has 0 heterocycles. The van der Waals surface area contributed by atoms with Crippen LogP contribution in [0.5, 0.6) is 0 Å². The molecular weight excluding hydrogens is 213 g/mol. The summed E-state index contributed by atoms with van der Waals surface area (Å²) in [7, 11) is -4.67. The lowest BCUT2D eigenvalue weighted by Gasteiger charge is -1.97. The van der Waals surface area contributed by atoms with Gasteiger partial charge < -0.3 is 5.73 Å². The summed E-state index contributed by atoms with van der Waals surface area (Å²) in [5, 5.41) is 0. The molecular formula is C7H10FNO4S. The van der Waals surface area contributed by atoms with Crippen molar-refractivity contribution < 1.29 is 21.9 Å². The minimum absolute atomic E-state index is 0.241. The zero-order chi connectivity index (χ0) is 11.4. The van der Waals surface area contributed by atoms with E-state index in [-0.39, 0.29) is 5.82 Å². The molecule has 0 spiro atoms. The molecule has 0 atom stereocenters. The molecule has 0 fully saturated rings. The third kappa shape index (κ3) is 6.35. The molecule has 0 unspecified atom stereocenters. The standard InChI is InChI=1S/C7H8FN.H2O4S/c1-5-6(8)3-2-4-7(5)9;1-5(2,3)4/h2-4H,9H2,1H3;(H2,1,2,3,4). The van der Waals surface area contributed by atoms with Crippen LogP contribution in [0.2, 0.25) is 0 Å². The second-order valence-corrected chi connectivity index (χ2v) is 3.30. The summed E-state index contributed by atoms with van der Waals surface area (Å²) < 4.78 is 44.1. The first-order valence-corrected chi connectivity index (χ1v) is 4.82. The predicted octanol–water partition coefficient (Wildman–Crippen LogP) is 1.06. The van der Waals surface area contributed by atoms with Gasteiger partial charge in [-0.1, -0.05) is 6.07 Å². The molecule has 0 aliphatic carbocycles. The number of nitrogens with two attached hydrogens (primary N) is 1. The van der Waals surface area contributed by atoms with E-state index in [0.29, 0.717) is 11.3 Å². The van der Waals surface area contributed by atoms with Crippen molar-refractivity contribution in [1.29, 1.82) is 0 Å². The number of hydrogen-bond donors (Lipinski definition) is 3. The molecule has 0 amide bonds. The first-order valence-electron chi connectivity index (χ1n) is 3.42. The van der Waals surface area contributed by atoms with Crippen molar-refractivity contribution in [3.05, 3.63) is 29.6 Å². The Morgan fingerprint density at radius 2 is 1.79 bits per heavy atom. The molecule has 1 rings (SSSR count). The number of nitrogen functional groups attached to an aromatic ring is 1. The highest BCUT2D eigenvalue weighted by Gasteiger charge is 1.96. The van der Waals surface area contributed by atoms with Crippen LogP contribution < -0.4 is 5.73 Å². The van der Waals surface area contributed by atoms with Crippen molar-refractivity contribution >= 4 is 16.1 Å². The Bertz CT molecular complexity index is 376. The quantitative estimate of drug-likeness (QED) is 0.451. The molecule has 0 aromatic heterocycles. The highest BCUT2D eigenvalue weighted by atomic mass is 32.3. The number of rotatable bonds is 0. The van der Waals surface area contributed by atoms with Gasteiger partial charge in [0.2, 0.25) is 0 Å². The Balaban J connectivity index is 0.000000292. The SMILES string of the molecule is Cc1c(N)cccc1F.O=S(=O)(O)O. The fourth-order valence-electron chi connectivity index (χ4n) is 0.624. The molecule has 0 bridgehead atoms. The van der Waals surface area contributed by atoms with Gasteiger partial charge >= 0.3 is 10.4 Å². The van der Waals surface area contributed by atoms with Crippen LogP contribution in [0.4, 0.5) is 10.1 Å². The van der Waals surface area contributed by atoms with E-state index in [1.165, 1.54) is 6.07 Å². The van der Waals surface area contributed by atoms with Crippen LogP contribution in [0.3, 0.4) is 0 Å². The summed E-state index contributed by atoms with van der Waals surface area (Å²) in [5.74, 6) is -0.241. The van der Waals surface area contributed by atoms with E-state index in [4.69, 9.17) is 23.3 Å². The molecule has 80 valence electrons. The predicted molar refractivity (Wildman–Crippen MR) is 49.7 cm³/mol. The monoisotopic (exact) mass is 223 g/mol. The molecule has 0 saturated carbocycles. The van der Waals surface area contributed by atoms with Gasteiger partial charge in [0.15, 0.2) is 0 Å². The third-order valence-electron chi connectivity index (χ3n) is 1.31. The lowest BCUT2D eigenvalue weighted by Crippen LogP contribution is -1.90. The maximum atomic E-state index is 12.5. The molecule has 5 nitrogen and oxygen atoms in total. The summed E-state index contributed by atoms with van der Waals surface area (Å²) in [6.07, 6.45) is 0. The number of halogens is 1. The fourth-order valence-corrected chi connectivity index (χ4v) is 0.624. The third-order valence-corrected chi connectivity index (χ3v) is 1.31. The number of anilines is 1. The van der Waals surface area contributed by atoms with E-state index in [0.717, 1.165) is 0 Å². The van der Waals surface area contributed by atoms with E-state index in [1.54, 1.807) is 19.1 Å². The lowest BCUT2D eigenvalue weighted by molar-refractivity contribution is 0.381. The van der Waals surface area contributed by atoms with E-state index >= 15 is 0 Å². The summed E-state index contributed by atoms with van der Waals surface area (Å²) >= 11 is 0. The Hall–Kier alpha value is -1.18. The van der Waals surface area contributed by atoms with Gasteiger partial charge in [-0.2, -0.15) is 8.42 Å². The van der Waals surface area contributed by atoms with Gasteiger partial charge in [-0.3, -0.25) is 9.11 Å². The van der Waals surface area contributed by atoms with Gasteiger partial charge in [0.05, 0.1) is 0 Å². The average molecular weight is 223 g/mol. The molecule has 0 saturated heterocycles. The van der Waals surface area contributed by atoms with Gasteiger partial charge in [0, 0.05) is 11.3 Å². The molecule has 0 aliphatic rings. The van der Waals surface area contributed by atoms with Crippen LogP contribution in [-0.2, 0) is 10.4 Å². The van der Waals surface area contributed by atoms with Crippen molar-refractivity contribution in [3.8, 4) is 0 Å². The Labute approximate surface area is 80.9 Å². The van der Waals surface area contributed by atoms with Crippen molar-refractivity contribution in [1.82, 2.24) is 0 Å². The normalized spacial score (nSPS) is 10.3. The Morgan fingerprint density at radius 1 is 1.36 bits per heavy atom. The zero-order valence-corrected chi connectivity index (χ0v) is 8.12. The Morgan fingerprint density at radius 3 is 2.07 bits per heavy atom. The first-order chi connectivity index (χ1) is 6.22. The first kappa shape index (κ1) is 12.8. The van der Waals surface area contributed by atoms with Crippen molar-refractivity contribution in [2.45, 2.75) is 6.92 Å². The maximum Gasteiger partial charge on any atom is 0.394 e. The molecule has 7 heteroatoms. The van der Waals surface area contributed by atoms with Crippen molar-refractivity contribution in [2.75, 3.05) is 5.73 Å². The summed E-state index contributed by atoms with van der Waals surface area (Å²) in [5.41, 5.74) is 6.42. The second-order valence-electron chi connectivity index (χ2n) is 2.40. The molecule has 0 radical (unpaired) electrons. The highest BCUT2D eigenvalue weighted by Crippen LogP contribution is 2.12. The molecule has 14 heavy (non-hydrogen) atoms. The molecule has 0 aliphatic heterocycles. The average Bonchev–Trinajstić information content (AvgIpc) is 1.97. The topological polar surface area (TPSA) is 101 Å². The van der Waals surface area contributed by atoms with Crippen LogP contribution in [0, 0.1) is 12.7 Å². The molecule has 1 aromatic carbocycles. The minimum Gasteiger partial charge on any atom is -0.398 e. The highest BCUT2D eigenvalue weighted by molar-refractivity contribution is 7.79. The lowest BCUT2D eigenvalue weighted by atomic mass is 10.2. The van der Waals surface area contributed by atoms with Crippen LogP contribution in [0.25, 0.3) is 0 Å². The van der Waals surface area contributed by atoms with Crippen LogP contribution in [-0.4, -0.2) is 17.5 Å². The Kier molecular flexibility index (Phi) is 4.48. The second kappa shape index (κ2) is 4.89. The number of benzene rings is 1. The van der Waals surface area contributed by atoms with E-state index < -0.39 is 10.4 Å². The van der Waals surface area contributed by atoms with Crippen molar-refractivity contribution in [2.24, 2.45) is 0 Å². The van der Waals surface area contributed by atoms with Crippen LogP contribution in [0.15, 0.2) is 18.2 Å². The smallest absolute Gasteiger partial charge is 0.394 e. The maximum absolute atomic E-state index is 12.5. The van der Waals surface area contributed by atoms with Gasteiger partial charge in [-0.15, -0.1) is 0 Å². The summed E-state index contributed by atoms with van der Waals surface area (Å²) in [4.78, 5) is 0. The van der Waals surface area contributed by atoms with Gasteiger partial charge in [-0.05, 0) is 19.1 Å².